The summed E-state index contributed by atoms with van der Waals surface area (Å²) in [4.78, 5) is 24.8. The minimum Gasteiger partial charge on any atom is -0.507 e. The smallest absolute Gasteiger partial charge is 0.308 e. The largest absolute Gasteiger partial charge is 0.507 e. The van der Waals surface area contributed by atoms with Crippen LogP contribution in [-0.2, 0) is 4.79 Å². The molecule has 0 aliphatic carbocycles. The summed E-state index contributed by atoms with van der Waals surface area (Å²) in [6, 6.07) is 4.64. The summed E-state index contributed by atoms with van der Waals surface area (Å²) in [5, 5.41) is 18.8. The number of phenols is 1. The number of halogens is 1. The van der Waals surface area contributed by atoms with Crippen molar-refractivity contribution in [1.82, 2.24) is 4.90 Å². The summed E-state index contributed by atoms with van der Waals surface area (Å²) in [5.74, 6) is -1.95. The normalized spacial score (nSPS) is 22.5. The summed E-state index contributed by atoms with van der Waals surface area (Å²) in [5.41, 5.74) is 0.196. The first-order chi connectivity index (χ1) is 8.90. The van der Waals surface area contributed by atoms with Gasteiger partial charge in [-0.05, 0) is 24.1 Å². The maximum atomic E-state index is 12.3. The molecule has 1 aliphatic heterocycles. The average Bonchev–Trinajstić information content (AvgIpc) is 2.70. The number of amides is 1. The van der Waals surface area contributed by atoms with E-state index in [1.165, 1.54) is 17.0 Å². The quantitative estimate of drug-likeness (QED) is 0.870. The second-order valence-electron chi connectivity index (χ2n) is 4.79. The van der Waals surface area contributed by atoms with E-state index in [2.05, 4.69) is 15.9 Å². The molecule has 0 bridgehead atoms. The minimum atomic E-state index is -0.886. The molecule has 102 valence electrons. The van der Waals surface area contributed by atoms with Crippen molar-refractivity contribution in [1.29, 1.82) is 0 Å². The zero-order valence-electron chi connectivity index (χ0n) is 10.3. The third kappa shape index (κ3) is 2.73. The fourth-order valence-electron chi connectivity index (χ4n) is 2.31. The summed E-state index contributed by atoms with van der Waals surface area (Å²) >= 11 is 3.20. The maximum absolute atomic E-state index is 12.3. The third-order valence-electron chi connectivity index (χ3n) is 3.41. The lowest BCUT2D eigenvalue weighted by molar-refractivity contribution is -0.142. The number of carbonyl (C=O) groups excluding carboxylic acids is 1. The molecule has 1 saturated heterocycles. The summed E-state index contributed by atoms with van der Waals surface area (Å²) in [6.45, 7) is 2.39. The van der Waals surface area contributed by atoms with Gasteiger partial charge in [-0.25, -0.2) is 0 Å². The van der Waals surface area contributed by atoms with Crippen LogP contribution >= 0.6 is 15.9 Å². The standard InChI is InChI=1S/C13H14BrNO4/c1-7-5-15(6-10(7)13(18)19)12(17)9-3-2-8(14)4-11(9)16/h2-4,7,10,16H,5-6H2,1H3,(H,18,19). The Morgan fingerprint density at radius 1 is 1.37 bits per heavy atom. The molecule has 1 aromatic rings. The van der Waals surface area contributed by atoms with Crippen molar-refractivity contribution in [2.75, 3.05) is 13.1 Å². The second-order valence-corrected chi connectivity index (χ2v) is 5.71. The Hall–Kier alpha value is -1.56. The van der Waals surface area contributed by atoms with Gasteiger partial charge in [0.15, 0.2) is 0 Å². The lowest BCUT2D eigenvalue weighted by Gasteiger charge is -2.16. The van der Waals surface area contributed by atoms with E-state index < -0.39 is 11.9 Å². The Kier molecular flexibility index (Phi) is 3.80. The van der Waals surface area contributed by atoms with Gasteiger partial charge in [-0.2, -0.15) is 0 Å². The van der Waals surface area contributed by atoms with Gasteiger partial charge in [-0.1, -0.05) is 22.9 Å². The molecule has 1 heterocycles. The van der Waals surface area contributed by atoms with Crippen molar-refractivity contribution in [2.45, 2.75) is 6.92 Å². The number of benzene rings is 1. The number of carbonyl (C=O) groups is 2. The number of hydrogen-bond donors (Lipinski definition) is 2. The van der Waals surface area contributed by atoms with Crippen LogP contribution in [0, 0.1) is 11.8 Å². The molecule has 1 aromatic carbocycles. The van der Waals surface area contributed by atoms with Crippen molar-refractivity contribution in [2.24, 2.45) is 11.8 Å². The topological polar surface area (TPSA) is 77.8 Å². The molecule has 5 nitrogen and oxygen atoms in total. The number of carboxylic acids is 1. The van der Waals surface area contributed by atoms with Gasteiger partial charge in [0.2, 0.25) is 0 Å². The van der Waals surface area contributed by atoms with Gasteiger partial charge in [-0.3, -0.25) is 9.59 Å². The highest BCUT2D eigenvalue weighted by Gasteiger charge is 2.37. The van der Waals surface area contributed by atoms with E-state index in [-0.39, 0.29) is 29.7 Å². The zero-order chi connectivity index (χ0) is 14.2. The number of phenolic OH excluding ortho intramolecular Hbond substituents is 1. The highest BCUT2D eigenvalue weighted by Crippen LogP contribution is 2.28. The van der Waals surface area contributed by atoms with Crippen molar-refractivity contribution in [3.8, 4) is 5.75 Å². The van der Waals surface area contributed by atoms with Crippen LogP contribution in [0.3, 0.4) is 0 Å². The van der Waals surface area contributed by atoms with Crippen LogP contribution in [0.4, 0.5) is 0 Å². The van der Waals surface area contributed by atoms with Gasteiger partial charge in [0.05, 0.1) is 11.5 Å². The van der Waals surface area contributed by atoms with Crippen LogP contribution in [0.2, 0.25) is 0 Å². The van der Waals surface area contributed by atoms with Gasteiger partial charge in [-0.15, -0.1) is 0 Å². The lowest BCUT2D eigenvalue weighted by atomic mass is 9.99. The number of hydrogen-bond acceptors (Lipinski definition) is 3. The first-order valence-corrected chi connectivity index (χ1v) is 6.70. The summed E-state index contributed by atoms with van der Waals surface area (Å²) < 4.78 is 0.680. The van der Waals surface area contributed by atoms with Crippen molar-refractivity contribution in [3.05, 3.63) is 28.2 Å². The Labute approximate surface area is 119 Å². The maximum Gasteiger partial charge on any atom is 0.308 e. The van der Waals surface area contributed by atoms with Gasteiger partial charge in [0, 0.05) is 17.6 Å². The van der Waals surface area contributed by atoms with Crippen molar-refractivity contribution >= 4 is 27.8 Å². The highest BCUT2D eigenvalue weighted by atomic mass is 79.9. The van der Waals surface area contributed by atoms with E-state index in [1.54, 1.807) is 6.07 Å². The molecule has 1 amide bonds. The SMILES string of the molecule is CC1CN(C(=O)c2ccc(Br)cc2O)CC1C(=O)O. The second kappa shape index (κ2) is 5.21. The fourth-order valence-corrected chi connectivity index (χ4v) is 2.66. The number of rotatable bonds is 2. The van der Waals surface area contributed by atoms with Crippen LogP contribution in [0.1, 0.15) is 17.3 Å². The highest BCUT2D eigenvalue weighted by molar-refractivity contribution is 9.10. The van der Waals surface area contributed by atoms with Gasteiger partial charge < -0.3 is 15.1 Å². The predicted molar refractivity (Wildman–Crippen MR) is 72.0 cm³/mol. The Morgan fingerprint density at radius 3 is 2.58 bits per heavy atom. The molecular weight excluding hydrogens is 314 g/mol. The van der Waals surface area contributed by atoms with Crippen LogP contribution < -0.4 is 0 Å². The molecule has 2 atom stereocenters. The van der Waals surface area contributed by atoms with Gasteiger partial charge in [0.25, 0.3) is 5.91 Å². The zero-order valence-corrected chi connectivity index (χ0v) is 11.9. The Balaban J connectivity index is 2.19. The van der Waals surface area contributed by atoms with Crippen molar-refractivity contribution < 1.29 is 19.8 Å². The predicted octanol–water partition coefficient (Wildman–Crippen LogP) is 1.95. The molecule has 19 heavy (non-hydrogen) atoms. The number of nitrogens with zero attached hydrogens (tertiary/aromatic N) is 1. The van der Waals surface area contributed by atoms with E-state index in [4.69, 9.17) is 5.11 Å². The third-order valence-corrected chi connectivity index (χ3v) is 3.90. The van der Waals surface area contributed by atoms with Gasteiger partial charge >= 0.3 is 5.97 Å². The monoisotopic (exact) mass is 327 g/mol. The van der Waals surface area contributed by atoms with E-state index in [1.807, 2.05) is 6.92 Å². The van der Waals surface area contributed by atoms with Crippen molar-refractivity contribution in [3.63, 3.8) is 0 Å². The first-order valence-electron chi connectivity index (χ1n) is 5.90. The van der Waals surface area contributed by atoms with Crippen LogP contribution in [0.25, 0.3) is 0 Å². The molecule has 2 N–H and O–H groups in total. The molecule has 2 unspecified atom stereocenters. The molecule has 1 fully saturated rings. The Morgan fingerprint density at radius 2 is 2.05 bits per heavy atom. The molecular formula is C13H14BrNO4. The average molecular weight is 328 g/mol. The summed E-state index contributed by atoms with van der Waals surface area (Å²) in [6.07, 6.45) is 0. The Bertz CT molecular complexity index is 531. The molecule has 2 rings (SSSR count). The van der Waals surface area contributed by atoms with E-state index in [0.29, 0.717) is 11.0 Å². The number of carboxylic acid groups (broad SMARTS) is 1. The molecule has 0 aromatic heterocycles. The number of likely N-dealkylation sites (tertiary alicyclic amines) is 1. The van der Waals surface area contributed by atoms with E-state index >= 15 is 0 Å². The molecule has 0 saturated carbocycles. The fraction of sp³-hybridized carbons (Fsp3) is 0.385. The van der Waals surface area contributed by atoms with Gasteiger partial charge in [0.1, 0.15) is 5.75 Å². The number of aromatic hydroxyl groups is 1. The lowest BCUT2D eigenvalue weighted by Crippen LogP contribution is -2.30. The molecule has 1 aliphatic rings. The first kappa shape index (κ1) is 13.9. The number of aliphatic carboxylic acids is 1. The molecule has 6 heteroatoms. The molecule has 0 spiro atoms. The van der Waals surface area contributed by atoms with Crippen LogP contribution in [0.15, 0.2) is 22.7 Å². The van der Waals surface area contributed by atoms with Crippen LogP contribution in [-0.4, -0.2) is 40.1 Å². The van der Waals surface area contributed by atoms with E-state index in [0.717, 1.165) is 0 Å². The van der Waals surface area contributed by atoms with Crippen LogP contribution in [0.5, 0.6) is 5.75 Å². The molecule has 0 radical (unpaired) electrons. The minimum absolute atomic E-state index is 0.0842. The van der Waals surface area contributed by atoms with E-state index in [9.17, 15) is 14.7 Å². The summed E-state index contributed by atoms with van der Waals surface area (Å²) in [7, 11) is 0.